The highest BCUT2D eigenvalue weighted by Crippen LogP contribution is 2.34. The standard InChI is InChI=1S/C16H11Br3FN5OS/c17-9-5-11(18)14(12(19)6-9)22-13(26)7-27-16-24-23-15(25(16)21)8-1-3-10(20)4-2-8/h1-6H,7,21H2,(H,22,26). The minimum atomic E-state index is -0.349. The van der Waals surface area contributed by atoms with Gasteiger partial charge in [-0.25, -0.2) is 9.07 Å². The number of halogens is 4. The largest absolute Gasteiger partial charge is 0.335 e. The van der Waals surface area contributed by atoms with Crippen LogP contribution in [0.3, 0.4) is 0 Å². The minimum Gasteiger partial charge on any atom is -0.335 e. The summed E-state index contributed by atoms with van der Waals surface area (Å²) < 4.78 is 16.7. The van der Waals surface area contributed by atoms with E-state index in [0.29, 0.717) is 22.2 Å². The van der Waals surface area contributed by atoms with Crippen LogP contribution >= 0.6 is 59.6 Å². The number of nitrogens with two attached hydrogens (primary N) is 1. The van der Waals surface area contributed by atoms with Gasteiger partial charge in [-0.15, -0.1) is 10.2 Å². The van der Waals surface area contributed by atoms with E-state index in [2.05, 4.69) is 63.3 Å². The average molecular weight is 580 g/mol. The first-order valence-electron chi connectivity index (χ1n) is 7.39. The van der Waals surface area contributed by atoms with Crippen LogP contribution in [0.5, 0.6) is 0 Å². The lowest BCUT2D eigenvalue weighted by molar-refractivity contribution is -0.113. The SMILES string of the molecule is Nn1c(SCC(=O)Nc2c(Br)cc(Br)cc2Br)nnc1-c1ccc(F)cc1. The van der Waals surface area contributed by atoms with Crippen molar-refractivity contribution in [3.05, 3.63) is 55.6 Å². The van der Waals surface area contributed by atoms with E-state index in [1.54, 1.807) is 12.1 Å². The molecule has 0 spiro atoms. The number of anilines is 1. The molecule has 2 aromatic carbocycles. The van der Waals surface area contributed by atoms with Crippen LogP contribution in [0, 0.1) is 5.82 Å². The molecule has 0 aliphatic carbocycles. The van der Waals surface area contributed by atoms with Gasteiger partial charge in [0.2, 0.25) is 11.1 Å². The van der Waals surface area contributed by atoms with Crippen molar-refractivity contribution in [2.45, 2.75) is 5.16 Å². The monoisotopic (exact) mass is 577 g/mol. The van der Waals surface area contributed by atoms with E-state index < -0.39 is 0 Å². The molecule has 0 bridgehead atoms. The number of nitrogens with zero attached hydrogens (tertiary/aromatic N) is 3. The fraction of sp³-hybridized carbons (Fsp3) is 0.0625. The van der Waals surface area contributed by atoms with Gasteiger partial charge in [-0.05, 0) is 68.3 Å². The molecule has 0 aliphatic rings. The van der Waals surface area contributed by atoms with E-state index in [0.717, 1.165) is 25.2 Å². The van der Waals surface area contributed by atoms with Crippen molar-refractivity contribution in [1.82, 2.24) is 14.9 Å². The highest BCUT2D eigenvalue weighted by molar-refractivity contribution is 9.11. The zero-order chi connectivity index (χ0) is 19.6. The molecule has 140 valence electrons. The molecule has 11 heteroatoms. The second-order valence-corrected chi connectivity index (χ2v) is 8.83. The smallest absolute Gasteiger partial charge is 0.234 e. The van der Waals surface area contributed by atoms with Gasteiger partial charge >= 0.3 is 0 Å². The number of hydrogen-bond acceptors (Lipinski definition) is 5. The molecule has 0 fully saturated rings. The first-order chi connectivity index (χ1) is 12.8. The van der Waals surface area contributed by atoms with Gasteiger partial charge in [-0.1, -0.05) is 27.7 Å². The predicted octanol–water partition coefficient (Wildman–Crippen LogP) is 4.82. The van der Waals surface area contributed by atoms with Gasteiger partial charge < -0.3 is 11.2 Å². The molecule has 0 atom stereocenters. The second kappa shape index (κ2) is 8.72. The minimum absolute atomic E-state index is 0.0910. The summed E-state index contributed by atoms with van der Waals surface area (Å²) in [6.45, 7) is 0. The van der Waals surface area contributed by atoms with E-state index >= 15 is 0 Å². The number of carbonyl (C=O) groups excluding carboxylic acids is 1. The summed E-state index contributed by atoms with van der Waals surface area (Å²) in [5.41, 5.74) is 1.26. The van der Waals surface area contributed by atoms with Crippen LogP contribution < -0.4 is 11.2 Å². The maximum absolute atomic E-state index is 13.0. The van der Waals surface area contributed by atoms with Crippen molar-refractivity contribution in [3.8, 4) is 11.4 Å². The molecule has 0 aliphatic heterocycles. The molecule has 0 saturated heterocycles. The summed E-state index contributed by atoms with van der Waals surface area (Å²) in [5, 5.41) is 11.2. The van der Waals surface area contributed by atoms with Crippen LogP contribution in [0.15, 0.2) is 55.0 Å². The van der Waals surface area contributed by atoms with Gasteiger partial charge in [-0.2, -0.15) is 0 Å². The van der Waals surface area contributed by atoms with Gasteiger partial charge in [-0.3, -0.25) is 4.79 Å². The molecule has 3 aromatic rings. The van der Waals surface area contributed by atoms with Crippen LogP contribution in [0.2, 0.25) is 0 Å². The van der Waals surface area contributed by atoms with Gasteiger partial charge in [0.25, 0.3) is 0 Å². The molecule has 0 saturated carbocycles. The summed E-state index contributed by atoms with van der Waals surface area (Å²) >= 11 is 11.4. The summed E-state index contributed by atoms with van der Waals surface area (Å²) in [6.07, 6.45) is 0. The summed E-state index contributed by atoms with van der Waals surface area (Å²) in [6, 6.07) is 9.42. The lowest BCUT2D eigenvalue weighted by atomic mass is 10.2. The Morgan fingerprint density at radius 2 is 1.78 bits per heavy atom. The van der Waals surface area contributed by atoms with Crippen molar-refractivity contribution >= 4 is 71.1 Å². The molecular weight excluding hydrogens is 569 g/mol. The Morgan fingerprint density at radius 1 is 1.15 bits per heavy atom. The van der Waals surface area contributed by atoms with Gasteiger partial charge in [0.05, 0.1) is 11.4 Å². The molecule has 1 aromatic heterocycles. The van der Waals surface area contributed by atoms with Crippen molar-refractivity contribution in [1.29, 1.82) is 0 Å². The number of carbonyl (C=O) groups is 1. The molecule has 1 amide bonds. The van der Waals surface area contributed by atoms with E-state index in [4.69, 9.17) is 5.84 Å². The van der Waals surface area contributed by atoms with Crippen molar-refractivity contribution in [3.63, 3.8) is 0 Å². The highest BCUT2D eigenvalue weighted by Gasteiger charge is 2.15. The molecule has 1 heterocycles. The summed E-state index contributed by atoms with van der Waals surface area (Å²) in [5.74, 6) is 5.90. The molecule has 3 rings (SSSR count). The van der Waals surface area contributed by atoms with Crippen LogP contribution in [0.1, 0.15) is 0 Å². The Balaban J connectivity index is 1.67. The Morgan fingerprint density at radius 3 is 2.41 bits per heavy atom. The fourth-order valence-corrected chi connectivity index (χ4v) is 5.25. The van der Waals surface area contributed by atoms with Gasteiger partial charge in [0.1, 0.15) is 5.82 Å². The Bertz CT molecular complexity index is 973. The normalized spacial score (nSPS) is 10.8. The molecule has 3 N–H and O–H groups in total. The molecule has 27 heavy (non-hydrogen) atoms. The maximum atomic E-state index is 13.0. The molecule has 0 unspecified atom stereocenters. The number of aromatic nitrogens is 3. The fourth-order valence-electron chi connectivity index (χ4n) is 2.14. The third-order valence-corrected chi connectivity index (χ3v) is 6.02. The van der Waals surface area contributed by atoms with Crippen molar-refractivity contribution in [2.75, 3.05) is 16.9 Å². The van der Waals surface area contributed by atoms with Crippen molar-refractivity contribution < 1.29 is 9.18 Å². The Kier molecular flexibility index (Phi) is 6.56. The van der Waals surface area contributed by atoms with Crippen molar-refractivity contribution in [2.24, 2.45) is 0 Å². The van der Waals surface area contributed by atoms with Crippen LogP contribution in [-0.4, -0.2) is 26.5 Å². The number of thioether (sulfide) groups is 1. The number of amides is 1. The first-order valence-corrected chi connectivity index (χ1v) is 10.7. The summed E-state index contributed by atoms with van der Waals surface area (Å²) in [7, 11) is 0. The second-order valence-electron chi connectivity index (χ2n) is 5.26. The number of benzene rings is 2. The highest BCUT2D eigenvalue weighted by atomic mass is 79.9. The zero-order valence-electron chi connectivity index (χ0n) is 13.4. The van der Waals surface area contributed by atoms with Gasteiger partial charge in [0, 0.05) is 19.0 Å². The number of hydrogen-bond donors (Lipinski definition) is 2. The third kappa shape index (κ3) is 4.89. The van der Waals surface area contributed by atoms with E-state index in [1.165, 1.54) is 16.8 Å². The van der Waals surface area contributed by atoms with Crippen LogP contribution in [0.25, 0.3) is 11.4 Å². The Labute approximate surface area is 183 Å². The first kappa shape index (κ1) is 20.3. The number of rotatable bonds is 5. The number of nitrogen functional groups attached to an aromatic ring is 1. The topological polar surface area (TPSA) is 85.8 Å². The quantitative estimate of drug-likeness (QED) is 0.334. The molecule has 6 nitrogen and oxygen atoms in total. The maximum Gasteiger partial charge on any atom is 0.234 e. The zero-order valence-corrected chi connectivity index (χ0v) is 19.0. The predicted molar refractivity (Wildman–Crippen MR) is 114 cm³/mol. The van der Waals surface area contributed by atoms with Crippen LogP contribution in [-0.2, 0) is 4.79 Å². The van der Waals surface area contributed by atoms with E-state index in [-0.39, 0.29) is 17.5 Å². The summed E-state index contributed by atoms with van der Waals surface area (Å²) in [4.78, 5) is 12.3. The van der Waals surface area contributed by atoms with Crippen LogP contribution in [0.4, 0.5) is 10.1 Å². The number of nitrogens with one attached hydrogen (secondary N) is 1. The van der Waals surface area contributed by atoms with Gasteiger partial charge in [0.15, 0.2) is 5.82 Å². The lowest BCUT2D eigenvalue weighted by Gasteiger charge is -2.10. The average Bonchev–Trinajstić information content (AvgIpc) is 2.98. The Hall–Kier alpha value is -1.43. The molecular formula is C16H11Br3FN5OS. The van der Waals surface area contributed by atoms with E-state index in [9.17, 15) is 9.18 Å². The molecule has 0 radical (unpaired) electrons. The lowest BCUT2D eigenvalue weighted by Crippen LogP contribution is -2.17. The third-order valence-electron chi connectivity index (χ3n) is 3.37. The van der Waals surface area contributed by atoms with E-state index in [1.807, 2.05) is 12.1 Å².